The largest absolute Gasteiger partial charge is 0.383 e. The van der Waals surface area contributed by atoms with Crippen molar-refractivity contribution in [3.8, 4) is 0 Å². The van der Waals surface area contributed by atoms with Gasteiger partial charge in [0.15, 0.2) is 5.16 Å². The third kappa shape index (κ3) is 3.87. The number of rotatable bonds is 6. The highest BCUT2D eigenvalue weighted by atomic mass is 32.2. The van der Waals surface area contributed by atoms with E-state index in [1.165, 1.54) is 11.6 Å². The number of thioether (sulfide) groups is 1. The van der Waals surface area contributed by atoms with E-state index in [0.717, 1.165) is 18.6 Å². The van der Waals surface area contributed by atoms with Crippen LogP contribution >= 0.6 is 11.8 Å². The summed E-state index contributed by atoms with van der Waals surface area (Å²) in [6.45, 7) is 2.73. The smallest absolute Gasteiger partial charge is 0.256 e. The van der Waals surface area contributed by atoms with E-state index in [9.17, 15) is 4.79 Å². The first kappa shape index (κ1) is 14.7. The normalized spacial score (nSPS) is 10.7. The van der Waals surface area contributed by atoms with Gasteiger partial charge < -0.3 is 5.73 Å². The van der Waals surface area contributed by atoms with Crippen LogP contribution in [0.15, 0.2) is 46.3 Å². The maximum atomic E-state index is 12.1. The molecule has 106 valence electrons. The van der Waals surface area contributed by atoms with Crippen LogP contribution in [0.3, 0.4) is 0 Å². The number of benzene rings is 1. The SMILES string of the molecule is CCCSc1nc(N)cc(=O)n1CCc1ccccc1. The summed E-state index contributed by atoms with van der Waals surface area (Å²) in [5.41, 5.74) is 6.80. The molecule has 0 fully saturated rings. The number of nitrogens with two attached hydrogens (primary N) is 1. The number of hydrogen-bond acceptors (Lipinski definition) is 4. The number of aryl methyl sites for hydroxylation is 1. The molecule has 2 N–H and O–H groups in total. The molecule has 0 aliphatic rings. The van der Waals surface area contributed by atoms with Gasteiger partial charge in [0.1, 0.15) is 5.82 Å². The summed E-state index contributed by atoms with van der Waals surface area (Å²) in [7, 11) is 0. The first-order valence-electron chi connectivity index (χ1n) is 6.74. The molecule has 0 radical (unpaired) electrons. The Morgan fingerprint density at radius 3 is 2.75 bits per heavy atom. The molecule has 1 aromatic heterocycles. The van der Waals surface area contributed by atoms with E-state index in [1.54, 1.807) is 16.3 Å². The zero-order chi connectivity index (χ0) is 14.4. The summed E-state index contributed by atoms with van der Waals surface area (Å²) < 4.78 is 1.71. The van der Waals surface area contributed by atoms with Gasteiger partial charge in [-0.15, -0.1) is 0 Å². The molecule has 0 atom stereocenters. The van der Waals surface area contributed by atoms with Crippen LogP contribution < -0.4 is 11.3 Å². The van der Waals surface area contributed by atoms with Crippen molar-refractivity contribution in [1.82, 2.24) is 9.55 Å². The second kappa shape index (κ2) is 7.14. The van der Waals surface area contributed by atoms with Crippen LogP contribution in [0.2, 0.25) is 0 Å². The Morgan fingerprint density at radius 2 is 2.05 bits per heavy atom. The fourth-order valence-corrected chi connectivity index (χ4v) is 2.79. The topological polar surface area (TPSA) is 60.9 Å². The van der Waals surface area contributed by atoms with Crippen molar-refractivity contribution in [3.63, 3.8) is 0 Å². The van der Waals surface area contributed by atoms with Gasteiger partial charge in [0.2, 0.25) is 0 Å². The summed E-state index contributed by atoms with van der Waals surface area (Å²) >= 11 is 1.58. The first-order valence-corrected chi connectivity index (χ1v) is 7.73. The molecule has 0 aliphatic heterocycles. The van der Waals surface area contributed by atoms with E-state index >= 15 is 0 Å². The molecule has 5 heteroatoms. The minimum absolute atomic E-state index is 0.0768. The zero-order valence-electron chi connectivity index (χ0n) is 11.6. The van der Waals surface area contributed by atoms with E-state index in [2.05, 4.69) is 24.0 Å². The van der Waals surface area contributed by atoms with Gasteiger partial charge in [0.25, 0.3) is 5.56 Å². The lowest BCUT2D eigenvalue weighted by Crippen LogP contribution is -2.24. The van der Waals surface area contributed by atoms with Gasteiger partial charge in [-0.1, -0.05) is 49.0 Å². The third-order valence-electron chi connectivity index (χ3n) is 2.90. The Labute approximate surface area is 123 Å². The molecule has 0 spiro atoms. The van der Waals surface area contributed by atoms with Gasteiger partial charge in [-0.3, -0.25) is 9.36 Å². The van der Waals surface area contributed by atoms with Crippen LogP contribution in [-0.4, -0.2) is 15.3 Å². The number of nitrogen functional groups attached to an aromatic ring is 1. The fraction of sp³-hybridized carbons (Fsp3) is 0.333. The Kier molecular flexibility index (Phi) is 5.24. The van der Waals surface area contributed by atoms with Crippen molar-refractivity contribution in [3.05, 3.63) is 52.3 Å². The van der Waals surface area contributed by atoms with E-state index < -0.39 is 0 Å². The maximum Gasteiger partial charge on any atom is 0.256 e. The summed E-state index contributed by atoms with van der Waals surface area (Å²) in [5, 5.41) is 0.716. The number of anilines is 1. The van der Waals surface area contributed by atoms with Crippen LogP contribution in [-0.2, 0) is 13.0 Å². The van der Waals surface area contributed by atoms with Crippen LogP contribution in [0, 0.1) is 0 Å². The van der Waals surface area contributed by atoms with Crippen molar-refractivity contribution >= 4 is 17.6 Å². The highest BCUT2D eigenvalue weighted by molar-refractivity contribution is 7.99. The van der Waals surface area contributed by atoms with E-state index in [-0.39, 0.29) is 5.56 Å². The molecule has 0 saturated carbocycles. The van der Waals surface area contributed by atoms with Gasteiger partial charge in [0, 0.05) is 18.4 Å². The predicted molar refractivity (Wildman–Crippen MR) is 84.1 cm³/mol. The van der Waals surface area contributed by atoms with E-state index in [1.807, 2.05) is 18.2 Å². The van der Waals surface area contributed by atoms with Crippen molar-refractivity contribution in [2.75, 3.05) is 11.5 Å². The zero-order valence-corrected chi connectivity index (χ0v) is 12.4. The number of nitrogens with zero attached hydrogens (tertiary/aromatic N) is 2. The predicted octanol–water partition coefficient (Wildman–Crippen LogP) is 2.57. The van der Waals surface area contributed by atoms with Crippen molar-refractivity contribution in [1.29, 1.82) is 0 Å². The molecule has 0 unspecified atom stereocenters. The van der Waals surface area contributed by atoms with Crippen molar-refractivity contribution in [2.24, 2.45) is 0 Å². The van der Waals surface area contributed by atoms with Gasteiger partial charge in [0.05, 0.1) is 0 Å². The molecule has 0 saturated heterocycles. The van der Waals surface area contributed by atoms with Crippen molar-refractivity contribution < 1.29 is 0 Å². The maximum absolute atomic E-state index is 12.1. The lowest BCUT2D eigenvalue weighted by molar-refractivity contribution is 0.588. The summed E-state index contributed by atoms with van der Waals surface area (Å²) in [6.07, 6.45) is 1.85. The third-order valence-corrected chi connectivity index (χ3v) is 4.08. The molecule has 20 heavy (non-hydrogen) atoms. The van der Waals surface area contributed by atoms with E-state index in [4.69, 9.17) is 5.73 Å². The average molecular weight is 289 g/mol. The monoisotopic (exact) mass is 289 g/mol. The van der Waals surface area contributed by atoms with Gasteiger partial charge >= 0.3 is 0 Å². The first-order chi connectivity index (χ1) is 9.70. The molecular weight excluding hydrogens is 270 g/mol. The molecule has 0 amide bonds. The molecular formula is C15H19N3OS. The average Bonchev–Trinajstić information content (AvgIpc) is 2.45. The molecule has 1 aromatic carbocycles. The standard InChI is InChI=1S/C15H19N3OS/c1-2-10-20-15-17-13(16)11-14(19)18(15)9-8-12-6-4-3-5-7-12/h3-7,11H,2,8-10,16H2,1H3. The van der Waals surface area contributed by atoms with Gasteiger partial charge in [-0.25, -0.2) is 4.98 Å². The minimum Gasteiger partial charge on any atom is -0.383 e. The highest BCUT2D eigenvalue weighted by Crippen LogP contribution is 2.16. The number of hydrogen-bond donors (Lipinski definition) is 1. The minimum atomic E-state index is -0.0768. The molecule has 0 aliphatic carbocycles. The van der Waals surface area contributed by atoms with Gasteiger partial charge in [-0.05, 0) is 18.4 Å². The Morgan fingerprint density at radius 1 is 1.30 bits per heavy atom. The highest BCUT2D eigenvalue weighted by Gasteiger charge is 2.08. The Bertz CT molecular complexity index is 610. The number of aromatic nitrogens is 2. The second-order valence-corrected chi connectivity index (χ2v) is 5.60. The fourth-order valence-electron chi connectivity index (χ4n) is 1.90. The van der Waals surface area contributed by atoms with Gasteiger partial charge in [-0.2, -0.15) is 0 Å². The summed E-state index contributed by atoms with van der Waals surface area (Å²) in [6, 6.07) is 11.5. The van der Waals surface area contributed by atoms with Crippen LogP contribution in [0.1, 0.15) is 18.9 Å². The molecule has 1 heterocycles. The van der Waals surface area contributed by atoms with E-state index in [0.29, 0.717) is 17.5 Å². The lowest BCUT2D eigenvalue weighted by atomic mass is 10.1. The van der Waals surface area contributed by atoms with Crippen LogP contribution in [0.4, 0.5) is 5.82 Å². The summed E-state index contributed by atoms with van der Waals surface area (Å²) in [5.74, 6) is 1.23. The van der Waals surface area contributed by atoms with Crippen LogP contribution in [0.5, 0.6) is 0 Å². The Balaban J connectivity index is 2.19. The Hall–Kier alpha value is -1.75. The quantitative estimate of drug-likeness (QED) is 0.656. The molecule has 0 bridgehead atoms. The van der Waals surface area contributed by atoms with Crippen molar-refractivity contribution in [2.45, 2.75) is 31.5 Å². The molecule has 4 nitrogen and oxygen atoms in total. The molecule has 2 rings (SSSR count). The second-order valence-electron chi connectivity index (χ2n) is 4.54. The summed E-state index contributed by atoms with van der Waals surface area (Å²) in [4.78, 5) is 16.4. The van der Waals surface area contributed by atoms with Crippen LogP contribution in [0.25, 0.3) is 0 Å². The molecule has 2 aromatic rings. The lowest BCUT2D eigenvalue weighted by Gasteiger charge is -2.11.